The summed E-state index contributed by atoms with van der Waals surface area (Å²) in [7, 11) is 0. The number of unbranched alkanes of at least 4 members (excludes halogenated alkanes) is 4. The monoisotopic (exact) mass is 614 g/mol. The molecule has 0 spiro atoms. The van der Waals surface area contributed by atoms with E-state index in [0.29, 0.717) is 30.7 Å². The second-order valence-electron chi connectivity index (χ2n) is 10.9. The summed E-state index contributed by atoms with van der Waals surface area (Å²) in [6, 6.07) is 3.82. The van der Waals surface area contributed by atoms with Gasteiger partial charge in [0, 0.05) is 12.2 Å². The lowest BCUT2D eigenvalue weighted by Crippen LogP contribution is -2.46. The number of hydrogen-bond acceptors (Lipinski definition) is 8. The van der Waals surface area contributed by atoms with Crippen LogP contribution in [0.15, 0.2) is 42.1 Å². The van der Waals surface area contributed by atoms with Gasteiger partial charge in [0.1, 0.15) is 23.5 Å². The lowest BCUT2D eigenvalue weighted by molar-refractivity contribution is -0.152. The Morgan fingerprint density at radius 3 is 2.60 bits per heavy atom. The number of nitrogens with one attached hydrogen (secondary N) is 3. The Morgan fingerprint density at radius 1 is 1.12 bits per heavy atom. The number of cyclic esters (lactones) is 1. The van der Waals surface area contributed by atoms with Crippen molar-refractivity contribution in [2.45, 2.75) is 104 Å². The molecule has 0 radical (unpaired) electrons. The van der Waals surface area contributed by atoms with Gasteiger partial charge in [-0.2, -0.15) is 0 Å². The van der Waals surface area contributed by atoms with Crippen molar-refractivity contribution >= 4 is 40.6 Å². The predicted molar refractivity (Wildman–Crippen MR) is 168 cm³/mol. The second kappa shape index (κ2) is 19.7. The van der Waals surface area contributed by atoms with E-state index in [0.717, 1.165) is 19.3 Å². The zero-order chi connectivity index (χ0) is 31.6. The molecule has 11 heteroatoms. The maximum atomic E-state index is 13.3. The summed E-state index contributed by atoms with van der Waals surface area (Å²) in [6.07, 6.45) is 10.8. The number of rotatable bonds is 12. The van der Waals surface area contributed by atoms with Gasteiger partial charge < -0.3 is 20.7 Å². The summed E-state index contributed by atoms with van der Waals surface area (Å²) in [5.74, 6) is -1.67. The number of carbonyl (C=O) groups is 5. The van der Waals surface area contributed by atoms with Crippen LogP contribution in [0.4, 0.5) is 0 Å². The number of carbonyl (C=O) groups excluding carboxylic acids is 5. The van der Waals surface area contributed by atoms with E-state index in [2.05, 4.69) is 27.9 Å². The van der Waals surface area contributed by atoms with E-state index in [-0.39, 0.29) is 41.3 Å². The van der Waals surface area contributed by atoms with Crippen LogP contribution < -0.4 is 16.0 Å². The Kier molecular flexibility index (Phi) is 16.3. The largest absolute Gasteiger partial charge is 0.456 e. The first kappa shape index (κ1) is 35.7. The summed E-state index contributed by atoms with van der Waals surface area (Å²) in [6.45, 7) is 7.64. The van der Waals surface area contributed by atoms with Gasteiger partial charge in [-0.25, -0.2) is 9.78 Å². The number of pyridine rings is 1. The molecule has 236 valence electrons. The fourth-order valence-corrected chi connectivity index (χ4v) is 5.10. The van der Waals surface area contributed by atoms with E-state index >= 15 is 0 Å². The molecule has 0 aromatic carbocycles. The van der Waals surface area contributed by atoms with Crippen molar-refractivity contribution in [3.8, 4) is 0 Å². The van der Waals surface area contributed by atoms with Crippen molar-refractivity contribution in [2.75, 3.05) is 5.75 Å². The Balaban J connectivity index is 2.15. The summed E-state index contributed by atoms with van der Waals surface area (Å²) < 4.78 is 5.73. The SMILES string of the molecule is C/C=C1\NC(=O)c2cccc(n2)CNC(=O)C[C@@H](/C=C/CCSC(=O)CCCCCCC)OC(=O)[C@H](CC(C)C)NC1=O. The first-order valence-electron chi connectivity index (χ1n) is 15.2. The van der Waals surface area contributed by atoms with Crippen LogP contribution in [0.2, 0.25) is 0 Å². The number of amides is 3. The highest BCUT2D eigenvalue weighted by Crippen LogP contribution is 2.15. The molecule has 0 unspecified atom stereocenters. The van der Waals surface area contributed by atoms with E-state index in [1.165, 1.54) is 36.7 Å². The Morgan fingerprint density at radius 2 is 1.88 bits per heavy atom. The normalized spacial score (nSPS) is 19.7. The predicted octanol–water partition coefficient (Wildman–Crippen LogP) is 4.74. The van der Waals surface area contributed by atoms with E-state index in [1.54, 1.807) is 31.2 Å². The third kappa shape index (κ3) is 14.0. The highest BCUT2D eigenvalue weighted by atomic mass is 32.2. The average molecular weight is 615 g/mol. The van der Waals surface area contributed by atoms with Crippen molar-refractivity contribution in [3.63, 3.8) is 0 Å². The number of aromatic nitrogens is 1. The van der Waals surface area contributed by atoms with E-state index < -0.39 is 29.9 Å². The minimum atomic E-state index is -1.00. The highest BCUT2D eigenvalue weighted by Gasteiger charge is 2.28. The first-order chi connectivity index (χ1) is 20.6. The number of ether oxygens (including phenoxy) is 1. The summed E-state index contributed by atoms with van der Waals surface area (Å²) in [5, 5.41) is 8.16. The number of hydrogen-bond donors (Lipinski definition) is 3. The highest BCUT2D eigenvalue weighted by molar-refractivity contribution is 8.13. The molecule has 1 aromatic heterocycles. The van der Waals surface area contributed by atoms with Gasteiger partial charge in [0.15, 0.2) is 5.12 Å². The molecule has 2 heterocycles. The third-order valence-electron chi connectivity index (χ3n) is 6.62. The van der Waals surface area contributed by atoms with Crippen molar-refractivity contribution in [3.05, 3.63) is 53.5 Å². The molecule has 0 aliphatic carbocycles. The first-order valence-corrected chi connectivity index (χ1v) is 16.1. The van der Waals surface area contributed by atoms with E-state index in [4.69, 9.17) is 4.74 Å². The molecule has 1 aliphatic heterocycles. The van der Waals surface area contributed by atoms with Crippen LogP contribution in [0, 0.1) is 5.92 Å². The van der Waals surface area contributed by atoms with Crippen molar-refractivity contribution in [1.82, 2.24) is 20.9 Å². The zero-order valence-corrected chi connectivity index (χ0v) is 26.6. The van der Waals surface area contributed by atoms with Gasteiger partial charge in [0.25, 0.3) is 11.8 Å². The van der Waals surface area contributed by atoms with E-state index in [9.17, 15) is 24.0 Å². The molecular weight excluding hydrogens is 568 g/mol. The number of esters is 1. The molecule has 2 bridgehead atoms. The molecule has 43 heavy (non-hydrogen) atoms. The quantitative estimate of drug-likeness (QED) is 0.133. The second-order valence-corrected chi connectivity index (χ2v) is 12.0. The summed E-state index contributed by atoms with van der Waals surface area (Å²) in [4.78, 5) is 68.4. The van der Waals surface area contributed by atoms with Gasteiger partial charge in [-0.1, -0.05) is 76.4 Å². The molecule has 2 rings (SSSR count). The van der Waals surface area contributed by atoms with Gasteiger partial charge in [0.05, 0.1) is 18.7 Å². The molecule has 0 saturated heterocycles. The van der Waals surface area contributed by atoms with Crippen LogP contribution in [0.1, 0.15) is 102 Å². The molecular formula is C32H46N4O6S. The van der Waals surface area contributed by atoms with Crippen molar-refractivity contribution in [2.24, 2.45) is 5.92 Å². The summed E-state index contributed by atoms with van der Waals surface area (Å²) >= 11 is 1.29. The Hall–Kier alpha value is -3.47. The maximum absolute atomic E-state index is 13.3. The fraction of sp³-hybridized carbons (Fsp3) is 0.562. The number of fused-ring (bicyclic) bond motifs is 2. The van der Waals surface area contributed by atoms with Crippen molar-refractivity contribution < 1.29 is 28.7 Å². The third-order valence-corrected chi connectivity index (χ3v) is 7.59. The maximum Gasteiger partial charge on any atom is 0.329 e. The van der Waals surface area contributed by atoms with E-state index in [1.807, 2.05) is 13.8 Å². The molecule has 3 amide bonds. The Bertz CT molecular complexity index is 1170. The van der Waals surface area contributed by atoms with Crippen LogP contribution in [0.5, 0.6) is 0 Å². The minimum absolute atomic E-state index is 0.0244. The van der Waals surface area contributed by atoms with Crippen LogP contribution >= 0.6 is 11.8 Å². The van der Waals surface area contributed by atoms with Gasteiger partial charge in [-0.15, -0.1) is 0 Å². The standard InChI is InChI=1S/C32H46N4O6S/c1-5-7-8-9-10-17-29(38)43-18-12-11-15-24-20-28(37)33-21-23-14-13-16-26(34-23)31(40)35-25(6-2)30(39)36-27(19-22(3)4)32(41)42-24/h6,11,13-16,22,24,27H,5,7-10,12,17-21H2,1-4H3,(H,33,37)(H,35,40)(H,36,39)/b15-11+,25-6-/t24-,27+/m1/s1. The minimum Gasteiger partial charge on any atom is -0.456 e. The number of thioether (sulfide) groups is 1. The van der Waals surface area contributed by atoms with Gasteiger partial charge >= 0.3 is 5.97 Å². The smallest absolute Gasteiger partial charge is 0.329 e. The van der Waals surface area contributed by atoms with Gasteiger partial charge in [0.2, 0.25) is 5.91 Å². The number of nitrogens with zero attached hydrogens (tertiary/aromatic N) is 1. The lowest BCUT2D eigenvalue weighted by Gasteiger charge is -2.23. The lowest BCUT2D eigenvalue weighted by atomic mass is 10.0. The van der Waals surface area contributed by atoms with Crippen LogP contribution in [0.3, 0.4) is 0 Å². The fourth-order valence-electron chi connectivity index (χ4n) is 4.33. The van der Waals surface area contributed by atoms with Crippen LogP contribution in [-0.2, 0) is 30.5 Å². The molecule has 3 N–H and O–H groups in total. The molecule has 1 aromatic rings. The van der Waals surface area contributed by atoms with Crippen LogP contribution in [-0.4, -0.2) is 51.7 Å². The van der Waals surface area contributed by atoms with Gasteiger partial charge in [-0.3, -0.25) is 19.2 Å². The topological polar surface area (TPSA) is 144 Å². The summed E-state index contributed by atoms with van der Waals surface area (Å²) in [5.41, 5.74) is 0.508. The van der Waals surface area contributed by atoms with Crippen LogP contribution in [0.25, 0.3) is 0 Å². The molecule has 2 atom stereocenters. The molecule has 0 saturated carbocycles. The average Bonchev–Trinajstić information content (AvgIpc) is 2.97. The molecule has 10 nitrogen and oxygen atoms in total. The molecule has 1 aliphatic rings. The zero-order valence-electron chi connectivity index (χ0n) is 25.8. The Labute approximate surface area is 259 Å². The number of allylic oxidation sites excluding steroid dienone is 2. The van der Waals surface area contributed by atoms with Gasteiger partial charge in [-0.05, 0) is 50.3 Å². The van der Waals surface area contributed by atoms with Crippen molar-refractivity contribution in [1.29, 1.82) is 0 Å². The molecule has 0 fully saturated rings.